The standard InChI is InChI=1S/C22H19N3O5/c26-21(23-17-11-13-20(14-12-17)25(28)29)16-30-22(27)15-24(18-7-3-1-4-8-18)19-9-5-2-6-10-19/h1-14H,15-16H2,(H,23,26). The zero-order valence-electron chi connectivity index (χ0n) is 15.9. The topological polar surface area (TPSA) is 102 Å². The number of hydrogen-bond donors (Lipinski definition) is 1. The summed E-state index contributed by atoms with van der Waals surface area (Å²) in [4.78, 5) is 36.3. The molecule has 0 saturated carbocycles. The number of para-hydroxylation sites is 2. The molecule has 0 aliphatic carbocycles. The van der Waals surface area contributed by atoms with Gasteiger partial charge in [-0.05, 0) is 36.4 Å². The summed E-state index contributed by atoms with van der Waals surface area (Å²) in [5, 5.41) is 13.2. The van der Waals surface area contributed by atoms with Gasteiger partial charge in [-0.15, -0.1) is 0 Å². The molecule has 3 aromatic carbocycles. The molecule has 1 amide bonds. The van der Waals surface area contributed by atoms with Crippen LogP contribution in [0.15, 0.2) is 84.9 Å². The number of ether oxygens (including phenoxy) is 1. The molecular formula is C22H19N3O5. The number of nitro benzene ring substituents is 1. The number of nitrogens with zero attached hydrogens (tertiary/aromatic N) is 2. The summed E-state index contributed by atoms with van der Waals surface area (Å²) in [6, 6.07) is 24.1. The van der Waals surface area contributed by atoms with E-state index < -0.39 is 23.4 Å². The Morgan fingerprint density at radius 1 is 0.867 bits per heavy atom. The van der Waals surface area contributed by atoms with Crippen LogP contribution in [0.1, 0.15) is 0 Å². The Kier molecular flexibility index (Phi) is 6.73. The highest BCUT2D eigenvalue weighted by Gasteiger charge is 2.16. The molecule has 0 fully saturated rings. The number of nitrogens with one attached hydrogen (secondary N) is 1. The molecule has 8 heteroatoms. The maximum atomic E-state index is 12.4. The van der Waals surface area contributed by atoms with E-state index >= 15 is 0 Å². The molecule has 0 radical (unpaired) electrons. The SMILES string of the molecule is O=C(COC(=O)CN(c1ccccc1)c1ccccc1)Nc1ccc([N+](=O)[O-])cc1. The lowest BCUT2D eigenvalue weighted by molar-refractivity contribution is -0.384. The number of carbonyl (C=O) groups is 2. The van der Waals surface area contributed by atoms with Gasteiger partial charge in [-0.3, -0.25) is 19.7 Å². The van der Waals surface area contributed by atoms with Crippen LogP contribution in [0.2, 0.25) is 0 Å². The molecule has 3 aromatic rings. The van der Waals surface area contributed by atoms with E-state index in [2.05, 4.69) is 5.32 Å². The van der Waals surface area contributed by atoms with Crippen LogP contribution in [-0.2, 0) is 14.3 Å². The Morgan fingerprint density at radius 3 is 1.90 bits per heavy atom. The minimum atomic E-state index is -0.568. The van der Waals surface area contributed by atoms with Crippen molar-refractivity contribution < 1.29 is 19.2 Å². The lowest BCUT2D eigenvalue weighted by atomic mass is 10.2. The summed E-state index contributed by atoms with van der Waals surface area (Å²) in [5.74, 6) is -1.11. The first-order valence-electron chi connectivity index (χ1n) is 9.10. The van der Waals surface area contributed by atoms with Gasteiger partial charge < -0.3 is 15.0 Å². The highest BCUT2D eigenvalue weighted by atomic mass is 16.6. The van der Waals surface area contributed by atoms with Gasteiger partial charge in [0.05, 0.1) is 4.92 Å². The highest BCUT2D eigenvalue weighted by Crippen LogP contribution is 2.24. The van der Waals surface area contributed by atoms with Crippen LogP contribution in [0.25, 0.3) is 0 Å². The number of amides is 1. The molecule has 0 spiro atoms. The maximum absolute atomic E-state index is 12.4. The van der Waals surface area contributed by atoms with Crippen molar-refractivity contribution >= 4 is 34.6 Å². The number of anilines is 3. The Bertz CT molecular complexity index is 968. The number of esters is 1. The van der Waals surface area contributed by atoms with Gasteiger partial charge in [0.25, 0.3) is 11.6 Å². The second-order valence-electron chi connectivity index (χ2n) is 6.27. The number of non-ortho nitro benzene ring substituents is 1. The van der Waals surface area contributed by atoms with E-state index in [1.54, 1.807) is 4.90 Å². The second-order valence-corrected chi connectivity index (χ2v) is 6.27. The Morgan fingerprint density at radius 2 is 1.40 bits per heavy atom. The zero-order chi connectivity index (χ0) is 21.3. The average Bonchev–Trinajstić information content (AvgIpc) is 2.77. The van der Waals surface area contributed by atoms with E-state index in [0.717, 1.165) is 11.4 Å². The molecule has 0 unspecified atom stereocenters. The first kappa shape index (κ1) is 20.5. The summed E-state index contributed by atoms with van der Waals surface area (Å²) in [7, 11) is 0. The Hall–Kier alpha value is -4.20. The normalized spacial score (nSPS) is 10.1. The largest absolute Gasteiger partial charge is 0.454 e. The van der Waals surface area contributed by atoms with Crippen LogP contribution >= 0.6 is 0 Å². The molecule has 8 nitrogen and oxygen atoms in total. The monoisotopic (exact) mass is 405 g/mol. The van der Waals surface area contributed by atoms with Crippen LogP contribution < -0.4 is 10.2 Å². The molecule has 30 heavy (non-hydrogen) atoms. The van der Waals surface area contributed by atoms with Crippen LogP contribution in [0, 0.1) is 10.1 Å². The Labute approximate surface area is 172 Å². The van der Waals surface area contributed by atoms with E-state index in [-0.39, 0.29) is 12.2 Å². The molecule has 0 aromatic heterocycles. The predicted molar refractivity (Wildman–Crippen MR) is 113 cm³/mol. The molecule has 0 aliphatic heterocycles. The smallest absolute Gasteiger partial charge is 0.326 e. The van der Waals surface area contributed by atoms with Gasteiger partial charge >= 0.3 is 5.97 Å². The van der Waals surface area contributed by atoms with Gasteiger partial charge in [-0.25, -0.2) is 0 Å². The van der Waals surface area contributed by atoms with E-state index in [4.69, 9.17) is 4.74 Å². The number of carbonyl (C=O) groups excluding carboxylic acids is 2. The molecule has 0 aliphatic rings. The number of rotatable bonds is 8. The highest BCUT2D eigenvalue weighted by molar-refractivity contribution is 5.93. The second kappa shape index (κ2) is 9.83. The van der Waals surface area contributed by atoms with E-state index in [1.807, 2.05) is 60.7 Å². The lowest BCUT2D eigenvalue weighted by Gasteiger charge is -2.24. The van der Waals surface area contributed by atoms with Gasteiger partial charge in [-0.1, -0.05) is 36.4 Å². The van der Waals surface area contributed by atoms with Gasteiger partial charge in [0.15, 0.2) is 6.61 Å². The summed E-state index contributed by atoms with van der Waals surface area (Å²) in [6.07, 6.45) is 0. The molecule has 0 saturated heterocycles. The molecule has 1 N–H and O–H groups in total. The van der Waals surface area contributed by atoms with E-state index in [0.29, 0.717) is 5.69 Å². The molecule has 0 atom stereocenters. The predicted octanol–water partition coefficient (Wildman–Crippen LogP) is 3.91. The van der Waals surface area contributed by atoms with Crippen LogP contribution in [-0.4, -0.2) is 30.0 Å². The van der Waals surface area contributed by atoms with Crippen molar-refractivity contribution in [3.8, 4) is 0 Å². The average molecular weight is 405 g/mol. The van der Waals surface area contributed by atoms with Gasteiger partial charge in [0.2, 0.25) is 0 Å². The maximum Gasteiger partial charge on any atom is 0.326 e. The number of benzene rings is 3. The van der Waals surface area contributed by atoms with Crippen molar-refractivity contribution in [3.05, 3.63) is 95.0 Å². The first-order valence-corrected chi connectivity index (χ1v) is 9.10. The third-order valence-corrected chi connectivity index (χ3v) is 4.15. The van der Waals surface area contributed by atoms with Crippen molar-refractivity contribution in [3.63, 3.8) is 0 Å². The van der Waals surface area contributed by atoms with Crippen molar-refractivity contribution in [2.75, 3.05) is 23.4 Å². The van der Waals surface area contributed by atoms with E-state index in [1.165, 1.54) is 24.3 Å². The quantitative estimate of drug-likeness (QED) is 0.346. The van der Waals surface area contributed by atoms with Gasteiger partial charge in [0.1, 0.15) is 6.54 Å². The third kappa shape index (κ3) is 5.65. The summed E-state index contributed by atoms with van der Waals surface area (Å²) >= 11 is 0. The molecule has 152 valence electrons. The number of nitro groups is 1. The molecule has 3 rings (SSSR count). The fraction of sp³-hybridized carbons (Fsp3) is 0.0909. The fourth-order valence-electron chi connectivity index (χ4n) is 2.73. The van der Waals surface area contributed by atoms with Crippen LogP contribution in [0.4, 0.5) is 22.7 Å². The first-order chi connectivity index (χ1) is 14.5. The van der Waals surface area contributed by atoms with Crippen LogP contribution in [0.5, 0.6) is 0 Å². The van der Waals surface area contributed by atoms with Gasteiger partial charge in [-0.2, -0.15) is 0 Å². The molecule has 0 heterocycles. The van der Waals surface area contributed by atoms with Gasteiger partial charge in [0, 0.05) is 29.2 Å². The summed E-state index contributed by atoms with van der Waals surface area (Å²) in [6.45, 7) is -0.536. The summed E-state index contributed by atoms with van der Waals surface area (Å²) < 4.78 is 5.11. The van der Waals surface area contributed by atoms with Crippen molar-refractivity contribution in [2.24, 2.45) is 0 Å². The van der Waals surface area contributed by atoms with Crippen LogP contribution in [0.3, 0.4) is 0 Å². The fourth-order valence-corrected chi connectivity index (χ4v) is 2.73. The minimum absolute atomic E-state index is 0.0706. The summed E-state index contributed by atoms with van der Waals surface area (Å²) in [5.41, 5.74) is 1.92. The number of hydrogen-bond acceptors (Lipinski definition) is 6. The van der Waals surface area contributed by atoms with E-state index in [9.17, 15) is 19.7 Å². The lowest BCUT2D eigenvalue weighted by Crippen LogP contribution is -2.29. The molecular weight excluding hydrogens is 386 g/mol. The zero-order valence-corrected chi connectivity index (χ0v) is 15.9. The molecule has 0 bridgehead atoms. The third-order valence-electron chi connectivity index (χ3n) is 4.15. The van der Waals surface area contributed by atoms with Crippen molar-refractivity contribution in [1.29, 1.82) is 0 Å². The van der Waals surface area contributed by atoms with Crippen molar-refractivity contribution in [2.45, 2.75) is 0 Å². The Balaban J connectivity index is 1.57. The van der Waals surface area contributed by atoms with Crippen molar-refractivity contribution in [1.82, 2.24) is 0 Å². The minimum Gasteiger partial charge on any atom is -0.454 e.